The van der Waals surface area contributed by atoms with E-state index in [2.05, 4.69) is 30.1 Å². The highest BCUT2D eigenvalue weighted by molar-refractivity contribution is 5.53. The number of likely N-dealkylation sites (N-methyl/N-ethyl adjacent to an activating group) is 1. The van der Waals surface area contributed by atoms with E-state index in [9.17, 15) is 0 Å². The van der Waals surface area contributed by atoms with Crippen LogP contribution in [0.5, 0.6) is 23.0 Å². The zero-order valence-electron chi connectivity index (χ0n) is 15.5. The number of methoxy groups -OCH3 is 4. The number of hydrogen-bond donors (Lipinski definition) is 0. The lowest BCUT2D eigenvalue weighted by atomic mass is 9.88. The van der Waals surface area contributed by atoms with Crippen molar-refractivity contribution in [2.45, 2.75) is 12.5 Å². The second kappa shape index (κ2) is 7.23. The first-order valence-corrected chi connectivity index (χ1v) is 8.29. The lowest BCUT2D eigenvalue weighted by Gasteiger charge is -2.35. The van der Waals surface area contributed by atoms with E-state index in [1.165, 1.54) is 11.1 Å². The molecule has 2 aromatic rings. The van der Waals surface area contributed by atoms with Gasteiger partial charge in [-0.15, -0.1) is 0 Å². The Labute approximate surface area is 149 Å². The lowest BCUT2D eigenvalue weighted by Crippen LogP contribution is -2.33. The van der Waals surface area contributed by atoms with Crippen LogP contribution >= 0.6 is 0 Å². The van der Waals surface area contributed by atoms with Crippen LogP contribution in [0.25, 0.3) is 0 Å². The van der Waals surface area contributed by atoms with Crippen LogP contribution in [0.2, 0.25) is 0 Å². The summed E-state index contributed by atoms with van der Waals surface area (Å²) in [5.41, 5.74) is 3.68. The van der Waals surface area contributed by atoms with E-state index in [0.29, 0.717) is 0 Å². The summed E-state index contributed by atoms with van der Waals surface area (Å²) in [6, 6.07) is 10.4. The van der Waals surface area contributed by atoms with Gasteiger partial charge in [-0.05, 0) is 54.4 Å². The first-order chi connectivity index (χ1) is 12.1. The Balaban J connectivity index is 2.11. The third kappa shape index (κ3) is 3.12. The van der Waals surface area contributed by atoms with Crippen LogP contribution < -0.4 is 18.9 Å². The van der Waals surface area contributed by atoms with E-state index in [4.69, 9.17) is 18.9 Å². The topological polar surface area (TPSA) is 40.2 Å². The van der Waals surface area contributed by atoms with Crippen LogP contribution in [0.4, 0.5) is 0 Å². The van der Waals surface area contributed by atoms with Crippen molar-refractivity contribution >= 4 is 0 Å². The van der Waals surface area contributed by atoms with Crippen molar-refractivity contribution in [3.05, 3.63) is 47.0 Å². The van der Waals surface area contributed by atoms with E-state index in [1.807, 2.05) is 12.1 Å². The monoisotopic (exact) mass is 343 g/mol. The Morgan fingerprint density at radius 2 is 1.40 bits per heavy atom. The van der Waals surface area contributed by atoms with Gasteiger partial charge in [0.05, 0.1) is 34.5 Å². The minimum Gasteiger partial charge on any atom is -0.493 e. The lowest BCUT2D eigenvalue weighted by molar-refractivity contribution is 0.261. The molecule has 0 aromatic heterocycles. The molecule has 1 heterocycles. The van der Waals surface area contributed by atoms with Crippen molar-refractivity contribution in [2.75, 3.05) is 42.0 Å². The largest absolute Gasteiger partial charge is 0.493 e. The highest BCUT2D eigenvalue weighted by Crippen LogP contribution is 2.42. The molecule has 0 unspecified atom stereocenters. The summed E-state index contributed by atoms with van der Waals surface area (Å²) in [5.74, 6) is 3.00. The van der Waals surface area contributed by atoms with Crippen LogP contribution in [0.1, 0.15) is 22.7 Å². The maximum absolute atomic E-state index is 5.51. The molecule has 0 saturated carbocycles. The van der Waals surface area contributed by atoms with Crippen LogP contribution in [-0.4, -0.2) is 46.9 Å². The molecule has 25 heavy (non-hydrogen) atoms. The van der Waals surface area contributed by atoms with Gasteiger partial charge in [0.1, 0.15) is 0 Å². The van der Waals surface area contributed by atoms with Gasteiger partial charge in [-0.1, -0.05) is 6.07 Å². The molecule has 0 saturated heterocycles. The zero-order chi connectivity index (χ0) is 18.0. The van der Waals surface area contributed by atoms with Crippen molar-refractivity contribution in [1.29, 1.82) is 0 Å². The molecule has 0 amide bonds. The second-order valence-corrected chi connectivity index (χ2v) is 6.15. The molecule has 0 radical (unpaired) electrons. The number of benzene rings is 2. The molecule has 2 aromatic carbocycles. The molecule has 0 N–H and O–H groups in total. The van der Waals surface area contributed by atoms with E-state index in [1.54, 1.807) is 28.4 Å². The number of nitrogens with zero attached hydrogens (tertiary/aromatic N) is 1. The fourth-order valence-corrected chi connectivity index (χ4v) is 3.53. The van der Waals surface area contributed by atoms with Gasteiger partial charge in [0.25, 0.3) is 0 Å². The Morgan fingerprint density at radius 1 is 0.800 bits per heavy atom. The highest BCUT2D eigenvalue weighted by atomic mass is 16.5. The van der Waals surface area contributed by atoms with E-state index in [0.717, 1.165) is 41.5 Å². The number of fused-ring (bicyclic) bond motifs is 1. The fourth-order valence-electron chi connectivity index (χ4n) is 3.53. The maximum atomic E-state index is 5.51. The molecule has 5 nitrogen and oxygen atoms in total. The molecule has 1 aliphatic rings. The maximum Gasteiger partial charge on any atom is 0.161 e. The summed E-state index contributed by atoms with van der Waals surface area (Å²) < 4.78 is 21.8. The summed E-state index contributed by atoms with van der Waals surface area (Å²) in [4.78, 5) is 2.34. The summed E-state index contributed by atoms with van der Waals surface area (Å²) >= 11 is 0. The van der Waals surface area contributed by atoms with Crippen LogP contribution in [0.3, 0.4) is 0 Å². The van der Waals surface area contributed by atoms with Gasteiger partial charge in [-0.2, -0.15) is 0 Å². The standard InChI is InChI=1S/C20H25NO4/c1-21-9-8-13-10-18(24-4)19(25-5)12-15(13)20(21)14-6-7-16(22-2)17(11-14)23-3/h6-7,10-12,20H,8-9H2,1-5H3/t20-/m1/s1. The van der Waals surface area contributed by atoms with Gasteiger partial charge in [0.15, 0.2) is 23.0 Å². The second-order valence-electron chi connectivity index (χ2n) is 6.15. The number of rotatable bonds is 5. The summed E-state index contributed by atoms with van der Waals surface area (Å²) in [6.45, 7) is 0.974. The van der Waals surface area contributed by atoms with Crippen molar-refractivity contribution in [1.82, 2.24) is 4.90 Å². The Bertz CT molecular complexity index is 760. The molecular formula is C20H25NO4. The summed E-state index contributed by atoms with van der Waals surface area (Å²) in [6.07, 6.45) is 0.982. The van der Waals surface area contributed by atoms with Gasteiger partial charge in [0.2, 0.25) is 0 Å². The predicted octanol–water partition coefficient (Wildman–Crippen LogP) is 3.30. The normalized spacial score (nSPS) is 16.9. The SMILES string of the molecule is COc1ccc([C@@H]2c3cc(OC)c(OC)cc3CCN2C)cc1OC. The fraction of sp³-hybridized carbons (Fsp3) is 0.400. The average molecular weight is 343 g/mol. The molecule has 3 rings (SSSR count). The number of ether oxygens (including phenoxy) is 4. The van der Waals surface area contributed by atoms with Gasteiger partial charge in [-0.25, -0.2) is 0 Å². The smallest absolute Gasteiger partial charge is 0.161 e. The summed E-state index contributed by atoms with van der Waals surface area (Å²) in [7, 11) is 8.79. The minimum absolute atomic E-state index is 0.128. The number of hydrogen-bond acceptors (Lipinski definition) is 5. The average Bonchev–Trinajstić information content (AvgIpc) is 2.66. The van der Waals surface area contributed by atoms with Crippen molar-refractivity contribution < 1.29 is 18.9 Å². The quantitative estimate of drug-likeness (QED) is 0.833. The van der Waals surface area contributed by atoms with Crippen LogP contribution in [-0.2, 0) is 6.42 Å². The predicted molar refractivity (Wildman–Crippen MR) is 97.3 cm³/mol. The molecule has 5 heteroatoms. The molecule has 134 valence electrons. The van der Waals surface area contributed by atoms with E-state index >= 15 is 0 Å². The first kappa shape index (κ1) is 17.4. The third-order valence-corrected chi connectivity index (χ3v) is 4.84. The van der Waals surface area contributed by atoms with E-state index < -0.39 is 0 Å². The van der Waals surface area contributed by atoms with Gasteiger partial charge in [-0.3, -0.25) is 4.90 Å². The zero-order valence-corrected chi connectivity index (χ0v) is 15.5. The Kier molecular flexibility index (Phi) is 5.04. The van der Waals surface area contributed by atoms with Gasteiger partial charge < -0.3 is 18.9 Å². The van der Waals surface area contributed by atoms with Crippen molar-refractivity contribution in [3.8, 4) is 23.0 Å². The Hall–Kier alpha value is -2.40. The van der Waals surface area contributed by atoms with Crippen LogP contribution in [0, 0.1) is 0 Å². The molecule has 1 aliphatic heterocycles. The van der Waals surface area contributed by atoms with Crippen LogP contribution in [0.15, 0.2) is 30.3 Å². The molecule has 0 aliphatic carbocycles. The van der Waals surface area contributed by atoms with Crippen molar-refractivity contribution in [2.24, 2.45) is 0 Å². The Morgan fingerprint density at radius 3 is 2.04 bits per heavy atom. The molecular weight excluding hydrogens is 318 g/mol. The minimum atomic E-state index is 0.128. The first-order valence-electron chi connectivity index (χ1n) is 8.29. The summed E-state index contributed by atoms with van der Waals surface area (Å²) in [5, 5.41) is 0. The molecule has 0 bridgehead atoms. The van der Waals surface area contributed by atoms with E-state index in [-0.39, 0.29) is 6.04 Å². The molecule has 1 atom stereocenters. The molecule has 0 spiro atoms. The van der Waals surface area contributed by atoms with Crippen molar-refractivity contribution in [3.63, 3.8) is 0 Å². The van der Waals surface area contributed by atoms with Gasteiger partial charge in [0, 0.05) is 6.54 Å². The highest BCUT2D eigenvalue weighted by Gasteiger charge is 2.28. The third-order valence-electron chi connectivity index (χ3n) is 4.84. The molecule has 0 fully saturated rings. The van der Waals surface area contributed by atoms with Gasteiger partial charge >= 0.3 is 0 Å².